The fourth-order valence-corrected chi connectivity index (χ4v) is 10.5. The van der Waals surface area contributed by atoms with Crippen LogP contribution in [0.3, 0.4) is 0 Å². The number of benzene rings is 7. The number of amides is 4. The number of nitrogens with one attached hydrogen (secondary N) is 4. The number of aromatic nitrogens is 22. The molecule has 4 N–H and O–H groups in total. The molecule has 7 aromatic heterocycles. The Morgan fingerprint density at radius 3 is 1.01 bits per heavy atom. The Hall–Kier alpha value is -16.2. The highest BCUT2D eigenvalue weighted by atomic mass is 32.1. The van der Waals surface area contributed by atoms with Crippen molar-refractivity contribution in [2.75, 3.05) is 27.9 Å². The van der Waals surface area contributed by atoms with Gasteiger partial charge in [-0.05, 0) is 161 Å². The smallest absolute Gasteiger partial charge is 0.258 e. The van der Waals surface area contributed by atoms with Gasteiger partial charge in [0.2, 0.25) is 0 Å². The maximum atomic E-state index is 12.4. The summed E-state index contributed by atoms with van der Waals surface area (Å²) in [5, 5.41) is 116. The van der Waals surface area contributed by atoms with Crippen molar-refractivity contribution in [1.29, 1.82) is 26.3 Å². The summed E-state index contributed by atoms with van der Waals surface area (Å²) in [7, 11) is 8.56. The van der Waals surface area contributed by atoms with Crippen LogP contribution < -0.4 is 26.0 Å². The van der Waals surface area contributed by atoms with Gasteiger partial charge in [-0.15, -0.1) is 36.8 Å². The lowest BCUT2D eigenvalue weighted by atomic mass is 10.0. The molecule has 542 valence electrons. The number of tetrazole rings is 5. The lowest BCUT2D eigenvalue weighted by Gasteiger charge is -2.10. The van der Waals surface area contributed by atoms with Crippen LogP contribution in [-0.2, 0) is 35.2 Å². The number of hydrogen-bond donors (Lipinski definition) is 4. The zero-order valence-corrected chi connectivity index (χ0v) is 60.0. The molecule has 7 aromatic carbocycles. The summed E-state index contributed by atoms with van der Waals surface area (Å²) in [5.74, 6) is 2.27. The maximum absolute atomic E-state index is 12.4. The van der Waals surface area contributed by atoms with Crippen LogP contribution >= 0.6 is 11.3 Å². The Morgan fingerprint density at radius 2 is 0.718 bits per heavy atom. The molecular formula is C73H59N31O5S. The number of anilines is 4. The van der Waals surface area contributed by atoms with Crippen LogP contribution in [-0.4, -0.2) is 141 Å². The van der Waals surface area contributed by atoms with Crippen molar-refractivity contribution >= 4 is 57.2 Å². The van der Waals surface area contributed by atoms with Crippen LogP contribution in [0.15, 0.2) is 188 Å². The summed E-state index contributed by atoms with van der Waals surface area (Å²) >= 11 is 1.31. The number of ether oxygens (including phenoxy) is 1. The molecule has 110 heavy (non-hydrogen) atoms. The molecule has 0 fully saturated rings. The third kappa shape index (κ3) is 19.5. The molecule has 0 radical (unpaired) electrons. The summed E-state index contributed by atoms with van der Waals surface area (Å²) in [5.41, 5.74) is 8.00. The van der Waals surface area contributed by atoms with E-state index in [1.807, 2.05) is 66.7 Å². The van der Waals surface area contributed by atoms with Crippen molar-refractivity contribution in [3.8, 4) is 93.0 Å². The molecule has 0 unspecified atom stereocenters. The highest BCUT2D eigenvalue weighted by Crippen LogP contribution is 2.28. The van der Waals surface area contributed by atoms with E-state index in [-0.39, 0.29) is 57.0 Å². The molecule has 0 spiro atoms. The normalized spacial score (nSPS) is 10.2. The zero-order valence-electron chi connectivity index (χ0n) is 59.2. The van der Waals surface area contributed by atoms with Gasteiger partial charge in [-0.1, -0.05) is 74.5 Å². The van der Waals surface area contributed by atoms with Crippen LogP contribution in [0.5, 0.6) is 5.75 Å². The Morgan fingerprint density at radius 1 is 0.400 bits per heavy atom. The number of nitrogens with zero attached hydrogens (tertiary/aromatic N) is 27. The lowest BCUT2D eigenvalue weighted by molar-refractivity contribution is 0.101. The van der Waals surface area contributed by atoms with Crippen LogP contribution in [0.4, 0.5) is 22.2 Å². The van der Waals surface area contributed by atoms with Crippen LogP contribution in [0, 0.1) is 62.6 Å². The second-order valence-electron chi connectivity index (χ2n) is 23.3. The second kappa shape index (κ2) is 36.8. The molecule has 37 heteroatoms. The number of hydrogen-bond acceptors (Lipinski definition) is 28. The number of carbonyl (C=O) groups excluding carboxylic acids is 4. The predicted octanol–water partition coefficient (Wildman–Crippen LogP) is 8.64. The standard InChI is InChI=1S/2C16H12N6O.C15H11N7O.C13H9N7OS.C13H15N5O/c2*1-22-15(19-20-21-22)11-7-8-14(12(9-11)10-17)16(23)18-13-5-3-2-4-6-13;1-22-14(19-20-21-22)10-4-5-13(11(7-10)8-16)15(23)18-12-3-2-6-17-9-12;1-20-11(17-18-19-20)8-2-3-10(9(6-8)7-14)12(21)16-13-15-4-5-22-13;1-9(2)8-19-12-5-4-10(6-11(12)7-14)13-15-16-17-18(13)3/h2*2-9H,1H3,(H,18,23);2-7,9H,1H3,(H,18,23);2-6H,1H3,(H,15,16,21);4-6,9H,8H2,1-3H3. The number of thiazole rings is 1. The average molecular weight is 1480 g/mol. The minimum absolute atomic E-state index is 0.242. The maximum Gasteiger partial charge on any atom is 0.258 e. The summed E-state index contributed by atoms with van der Waals surface area (Å²) in [6, 6.07) is 56.8. The summed E-state index contributed by atoms with van der Waals surface area (Å²) in [6.07, 6.45) is 4.74. The summed E-state index contributed by atoms with van der Waals surface area (Å²) < 4.78 is 13.2. The Balaban J connectivity index is 0.000000147. The minimum Gasteiger partial charge on any atom is -0.492 e. The Kier molecular flexibility index (Phi) is 25.6. The monoisotopic (exact) mass is 1480 g/mol. The van der Waals surface area contributed by atoms with Gasteiger partial charge in [0.25, 0.3) is 23.6 Å². The molecule has 4 amide bonds. The first-order valence-corrected chi connectivity index (χ1v) is 33.4. The van der Waals surface area contributed by atoms with Gasteiger partial charge in [0.1, 0.15) is 11.8 Å². The van der Waals surface area contributed by atoms with Gasteiger partial charge >= 0.3 is 0 Å². The van der Waals surface area contributed by atoms with Crippen molar-refractivity contribution < 1.29 is 23.9 Å². The molecule has 0 aliphatic heterocycles. The van der Waals surface area contributed by atoms with E-state index in [2.05, 4.69) is 129 Å². The van der Waals surface area contributed by atoms with Gasteiger partial charge in [0, 0.05) is 92.2 Å². The highest BCUT2D eigenvalue weighted by molar-refractivity contribution is 7.13. The van der Waals surface area contributed by atoms with Gasteiger partial charge in [0.05, 0.1) is 92.8 Å². The van der Waals surface area contributed by atoms with Crippen LogP contribution in [0.1, 0.15) is 83.1 Å². The van der Waals surface area contributed by atoms with E-state index in [4.69, 9.17) is 4.74 Å². The lowest BCUT2D eigenvalue weighted by Crippen LogP contribution is -2.13. The third-order valence-electron chi connectivity index (χ3n) is 15.2. The zero-order chi connectivity index (χ0) is 78.1. The van der Waals surface area contributed by atoms with E-state index in [0.717, 1.165) is 5.56 Å². The minimum atomic E-state index is -0.380. The van der Waals surface area contributed by atoms with E-state index < -0.39 is 0 Å². The number of nitriles is 5. The van der Waals surface area contributed by atoms with E-state index in [0.29, 0.717) is 109 Å². The predicted molar refractivity (Wildman–Crippen MR) is 396 cm³/mol. The number of carbonyl (C=O) groups is 4. The quantitative estimate of drug-likeness (QED) is 0.0702. The van der Waals surface area contributed by atoms with E-state index in [1.165, 1.54) is 36.3 Å². The fourth-order valence-electron chi connectivity index (χ4n) is 9.93. The van der Waals surface area contributed by atoms with Crippen molar-refractivity contribution in [3.63, 3.8) is 0 Å². The molecule has 0 bridgehead atoms. The number of pyridine rings is 1. The van der Waals surface area contributed by atoms with Crippen LogP contribution in [0.2, 0.25) is 0 Å². The second-order valence-corrected chi connectivity index (χ2v) is 24.2. The molecule has 0 aliphatic carbocycles. The fraction of sp³-hybridized carbons (Fsp3) is 0.123. The molecule has 14 rings (SSSR count). The summed E-state index contributed by atoms with van der Waals surface area (Å²) in [6.45, 7) is 4.71. The first-order chi connectivity index (χ1) is 53.4. The van der Waals surface area contributed by atoms with Gasteiger partial charge in [-0.2, -0.15) is 26.3 Å². The third-order valence-corrected chi connectivity index (χ3v) is 15.9. The van der Waals surface area contributed by atoms with Crippen molar-refractivity contribution in [3.05, 3.63) is 238 Å². The van der Waals surface area contributed by atoms with Gasteiger partial charge in [-0.3, -0.25) is 29.5 Å². The van der Waals surface area contributed by atoms with Gasteiger partial charge in [0.15, 0.2) is 34.3 Å². The van der Waals surface area contributed by atoms with E-state index in [1.54, 1.807) is 179 Å². The van der Waals surface area contributed by atoms with Gasteiger partial charge in [-0.25, -0.2) is 28.4 Å². The number of rotatable bonds is 16. The van der Waals surface area contributed by atoms with Crippen LogP contribution in [0.25, 0.3) is 56.9 Å². The molecular weight excluding hydrogens is 1420 g/mol. The molecule has 7 heterocycles. The Bertz CT molecular complexity index is 5440. The average Bonchev–Trinajstić information content (AvgIpc) is 1.48. The molecule has 14 aromatic rings. The van der Waals surface area contributed by atoms with Gasteiger partial charge < -0.3 is 20.7 Å². The number of para-hydroxylation sites is 2. The first-order valence-electron chi connectivity index (χ1n) is 32.5. The summed E-state index contributed by atoms with van der Waals surface area (Å²) in [4.78, 5) is 57.1. The first kappa shape index (κ1) is 76.4. The highest BCUT2D eigenvalue weighted by Gasteiger charge is 2.21. The van der Waals surface area contributed by atoms with E-state index in [9.17, 15) is 45.5 Å². The Labute approximate surface area is 629 Å². The molecule has 0 atom stereocenters. The topological polar surface area (TPSA) is 488 Å². The van der Waals surface area contributed by atoms with Crippen molar-refractivity contribution in [2.24, 2.45) is 41.2 Å². The SMILES string of the molecule is CC(C)COc1ccc(-c2nnnn2C)cc1C#N.Cn1nnnc1-c1ccc(C(=O)Nc2ccccc2)c(C#N)c1.Cn1nnnc1-c1ccc(C(=O)Nc2ccccc2)c(C#N)c1.Cn1nnnc1-c1ccc(C(=O)Nc2cccnc2)c(C#N)c1.Cn1nnnc1-c1ccc(C(=O)Nc2nccs2)c(C#N)c1. The molecule has 0 aliphatic rings. The van der Waals surface area contributed by atoms with E-state index >= 15 is 0 Å². The molecule has 0 saturated carbocycles. The van der Waals surface area contributed by atoms with Crippen molar-refractivity contribution in [1.82, 2.24) is 111 Å². The molecule has 0 saturated heterocycles. The number of aryl methyl sites for hydroxylation is 5. The largest absolute Gasteiger partial charge is 0.492 e. The van der Waals surface area contributed by atoms with Crippen molar-refractivity contribution in [2.45, 2.75) is 13.8 Å². The molecule has 36 nitrogen and oxygen atoms in total.